The van der Waals surface area contributed by atoms with Crippen molar-refractivity contribution in [2.45, 2.75) is 19.8 Å². The van der Waals surface area contributed by atoms with E-state index >= 15 is 0 Å². The second-order valence-corrected chi connectivity index (χ2v) is 5.65. The maximum atomic E-state index is 13.5. The SMILES string of the molecule is CCCc1ccc(C(=O)COc2cc(Br)ccc2F)cc1. The molecule has 0 fully saturated rings. The molecule has 21 heavy (non-hydrogen) atoms. The molecule has 0 aliphatic carbocycles. The van der Waals surface area contributed by atoms with E-state index in [9.17, 15) is 9.18 Å². The number of Topliss-reactive ketones (excluding diaryl/α,β-unsaturated/α-hetero) is 1. The first-order chi connectivity index (χ1) is 10.1. The van der Waals surface area contributed by atoms with Gasteiger partial charge >= 0.3 is 0 Å². The van der Waals surface area contributed by atoms with Gasteiger partial charge in [0.2, 0.25) is 0 Å². The normalized spacial score (nSPS) is 10.4. The number of carbonyl (C=O) groups excluding carboxylic acids is 1. The average molecular weight is 351 g/mol. The van der Waals surface area contributed by atoms with E-state index in [1.54, 1.807) is 18.2 Å². The maximum absolute atomic E-state index is 13.5. The molecule has 4 heteroatoms. The Bertz CT molecular complexity index is 623. The number of aryl methyl sites for hydroxylation is 1. The lowest BCUT2D eigenvalue weighted by molar-refractivity contribution is 0.0918. The highest BCUT2D eigenvalue weighted by atomic mass is 79.9. The van der Waals surface area contributed by atoms with E-state index < -0.39 is 5.82 Å². The van der Waals surface area contributed by atoms with Crippen LogP contribution in [0.2, 0.25) is 0 Å². The van der Waals surface area contributed by atoms with Crippen molar-refractivity contribution in [3.05, 3.63) is 63.9 Å². The number of hydrogen-bond acceptors (Lipinski definition) is 2. The molecule has 0 aromatic heterocycles. The summed E-state index contributed by atoms with van der Waals surface area (Å²) in [5, 5.41) is 0. The molecule has 2 aromatic rings. The maximum Gasteiger partial charge on any atom is 0.200 e. The Hall–Kier alpha value is -1.68. The number of hydrogen-bond donors (Lipinski definition) is 0. The molecule has 0 saturated carbocycles. The van der Waals surface area contributed by atoms with Crippen molar-refractivity contribution in [2.75, 3.05) is 6.61 Å². The largest absolute Gasteiger partial charge is 0.482 e. The lowest BCUT2D eigenvalue weighted by atomic mass is 10.1. The summed E-state index contributed by atoms with van der Waals surface area (Å²) in [6.45, 7) is 1.93. The minimum absolute atomic E-state index is 0.0697. The molecule has 2 nitrogen and oxygen atoms in total. The third-order valence-corrected chi connectivity index (χ3v) is 3.56. The summed E-state index contributed by atoms with van der Waals surface area (Å²) in [6.07, 6.45) is 2.06. The summed E-state index contributed by atoms with van der Waals surface area (Å²) in [5.74, 6) is -0.581. The molecule has 0 atom stereocenters. The van der Waals surface area contributed by atoms with Crippen LogP contribution in [0.25, 0.3) is 0 Å². The Morgan fingerprint density at radius 2 is 1.90 bits per heavy atom. The summed E-state index contributed by atoms with van der Waals surface area (Å²) in [7, 11) is 0. The van der Waals surface area contributed by atoms with Crippen LogP contribution in [-0.4, -0.2) is 12.4 Å². The molecule has 0 aliphatic rings. The first-order valence-corrected chi connectivity index (χ1v) is 7.59. The topological polar surface area (TPSA) is 26.3 Å². The van der Waals surface area contributed by atoms with Gasteiger partial charge in [-0.3, -0.25) is 4.79 Å². The number of carbonyl (C=O) groups is 1. The van der Waals surface area contributed by atoms with Crippen LogP contribution in [0.1, 0.15) is 29.3 Å². The van der Waals surface area contributed by atoms with Crippen LogP contribution in [0.3, 0.4) is 0 Å². The predicted molar refractivity (Wildman–Crippen MR) is 84.4 cm³/mol. The van der Waals surface area contributed by atoms with Crippen molar-refractivity contribution in [1.29, 1.82) is 0 Å². The van der Waals surface area contributed by atoms with Gasteiger partial charge in [-0.15, -0.1) is 0 Å². The summed E-state index contributed by atoms with van der Waals surface area (Å²) >= 11 is 3.24. The van der Waals surface area contributed by atoms with Crippen molar-refractivity contribution >= 4 is 21.7 Å². The van der Waals surface area contributed by atoms with Crippen molar-refractivity contribution in [1.82, 2.24) is 0 Å². The molecular weight excluding hydrogens is 335 g/mol. The van der Waals surface area contributed by atoms with Gasteiger partial charge in [0.25, 0.3) is 0 Å². The van der Waals surface area contributed by atoms with Crippen LogP contribution < -0.4 is 4.74 Å². The number of ether oxygens (including phenoxy) is 1. The zero-order valence-corrected chi connectivity index (χ0v) is 13.3. The Morgan fingerprint density at radius 1 is 1.19 bits per heavy atom. The van der Waals surface area contributed by atoms with Gasteiger partial charge in [0.15, 0.2) is 24.0 Å². The number of ketones is 1. The third-order valence-electron chi connectivity index (χ3n) is 3.07. The van der Waals surface area contributed by atoms with E-state index in [1.807, 2.05) is 12.1 Å². The van der Waals surface area contributed by atoms with Gasteiger partial charge < -0.3 is 4.74 Å². The van der Waals surface area contributed by atoms with E-state index in [0.717, 1.165) is 12.8 Å². The zero-order valence-electron chi connectivity index (χ0n) is 11.7. The molecule has 0 amide bonds. The molecule has 2 rings (SSSR count). The van der Waals surface area contributed by atoms with E-state index in [4.69, 9.17) is 4.74 Å². The molecule has 0 bridgehead atoms. The van der Waals surface area contributed by atoms with Crippen LogP contribution >= 0.6 is 15.9 Å². The average Bonchev–Trinajstić information content (AvgIpc) is 2.49. The molecule has 2 aromatic carbocycles. The Kier molecular flexibility index (Phi) is 5.51. The molecule has 0 aliphatic heterocycles. The van der Waals surface area contributed by atoms with Crippen molar-refractivity contribution in [3.63, 3.8) is 0 Å². The van der Waals surface area contributed by atoms with E-state index in [1.165, 1.54) is 17.7 Å². The van der Waals surface area contributed by atoms with Gasteiger partial charge in [0.05, 0.1) is 0 Å². The third kappa shape index (κ3) is 4.39. The lowest BCUT2D eigenvalue weighted by Gasteiger charge is -2.07. The predicted octanol–water partition coefficient (Wildman–Crippen LogP) is 4.80. The highest BCUT2D eigenvalue weighted by molar-refractivity contribution is 9.10. The van der Waals surface area contributed by atoms with Gasteiger partial charge in [0, 0.05) is 10.0 Å². The summed E-state index contributed by atoms with van der Waals surface area (Å²) in [5.41, 5.74) is 1.78. The number of benzene rings is 2. The quantitative estimate of drug-likeness (QED) is 0.699. The Labute approximate surface area is 132 Å². The minimum atomic E-state index is -0.482. The molecule has 0 spiro atoms. The van der Waals surface area contributed by atoms with Crippen molar-refractivity contribution in [3.8, 4) is 5.75 Å². The van der Waals surface area contributed by atoms with E-state index in [-0.39, 0.29) is 18.1 Å². The lowest BCUT2D eigenvalue weighted by Crippen LogP contribution is -2.12. The second-order valence-electron chi connectivity index (χ2n) is 4.73. The molecule has 0 radical (unpaired) electrons. The molecule has 110 valence electrons. The molecular formula is C17H16BrFO2. The monoisotopic (exact) mass is 350 g/mol. The standard InChI is InChI=1S/C17H16BrFO2/c1-2-3-12-4-6-13(7-5-12)16(20)11-21-17-10-14(18)8-9-15(17)19/h4-10H,2-3,11H2,1H3. The van der Waals surface area contributed by atoms with Gasteiger partial charge in [0.1, 0.15) is 0 Å². The van der Waals surface area contributed by atoms with E-state index in [0.29, 0.717) is 10.0 Å². The number of rotatable bonds is 6. The Balaban J connectivity index is 1.99. The van der Waals surface area contributed by atoms with E-state index in [2.05, 4.69) is 22.9 Å². The first-order valence-electron chi connectivity index (χ1n) is 6.80. The van der Waals surface area contributed by atoms with Crippen molar-refractivity contribution in [2.24, 2.45) is 0 Å². The minimum Gasteiger partial charge on any atom is -0.482 e. The van der Waals surface area contributed by atoms with Crippen LogP contribution in [0.15, 0.2) is 46.9 Å². The summed E-state index contributed by atoms with van der Waals surface area (Å²) in [4.78, 5) is 12.0. The molecule has 0 saturated heterocycles. The van der Waals surface area contributed by atoms with Crippen LogP contribution in [-0.2, 0) is 6.42 Å². The molecule has 0 heterocycles. The first kappa shape index (κ1) is 15.7. The van der Waals surface area contributed by atoms with Gasteiger partial charge in [-0.2, -0.15) is 0 Å². The molecule has 0 unspecified atom stereocenters. The fraction of sp³-hybridized carbons (Fsp3) is 0.235. The van der Waals surface area contributed by atoms with Crippen LogP contribution in [0, 0.1) is 5.82 Å². The van der Waals surface area contributed by atoms with Gasteiger partial charge in [-0.05, 0) is 30.2 Å². The Morgan fingerprint density at radius 3 is 2.57 bits per heavy atom. The fourth-order valence-corrected chi connectivity index (χ4v) is 2.30. The van der Waals surface area contributed by atoms with Crippen LogP contribution in [0.4, 0.5) is 4.39 Å². The highest BCUT2D eigenvalue weighted by Crippen LogP contribution is 2.22. The molecule has 0 N–H and O–H groups in total. The van der Waals surface area contributed by atoms with Crippen LogP contribution in [0.5, 0.6) is 5.75 Å². The number of halogens is 2. The fourth-order valence-electron chi connectivity index (χ4n) is 1.96. The van der Waals surface area contributed by atoms with Gasteiger partial charge in [-0.25, -0.2) is 4.39 Å². The smallest absolute Gasteiger partial charge is 0.200 e. The summed E-state index contributed by atoms with van der Waals surface area (Å²) < 4.78 is 19.5. The van der Waals surface area contributed by atoms with Crippen molar-refractivity contribution < 1.29 is 13.9 Å². The highest BCUT2D eigenvalue weighted by Gasteiger charge is 2.09. The zero-order chi connectivity index (χ0) is 15.2. The second kappa shape index (κ2) is 7.36. The summed E-state index contributed by atoms with van der Waals surface area (Å²) in [6, 6.07) is 11.8. The van der Waals surface area contributed by atoms with Gasteiger partial charge in [-0.1, -0.05) is 53.5 Å².